The summed E-state index contributed by atoms with van der Waals surface area (Å²) in [6, 6.07) is 4.55. The van der Waals surface area contributed by atoms with E-state index in [-0.39, 0.29) is 33.8 Å². The van der Waals surface area contributed by atoms with Crippen molar-refractivity contribution in [2.75, 3.05) is 0 Å². The summed E-state index contributed by atoms with van der Waals surface area (Å²) < 4.78 is 0.678. The molecule has 3 rings (SSSR count). The fraction of sp³-hybridized carbons (Fsp3) is 0.0667. The van der Waals surface area contributed by atoms with Gasteiger partial charge < -0.3 is 10.2 Å². The van der Waals surface area contributed by atoms with E-state index >= 15 is 0 Å². The molecule has 0 unspecified atom stereocenters. The molecule has 0 bridgehead atoms. The molecule has 106 valence electrons. The number of phenolic OH excluding ortho intramolecular Hbond substituents is 2. The SMILES string of the molecule is Cc1cc2c(c(O)c1Br)C(=O)c1c(ccc(Br)c1O)C2=O. The zero-order chi connectivity index (χ0) is 15.5. The van der Waals surface area contributed by atoms with Gasteiger partial charge in [-0.25, -0.2) is 0 Å². The number of fused-ring (bicyclic) bond motifs is 2. The molecule has 0 heterocycles. The molecule has 0 atom stereocenters. The van der Waals surface area contributed by atoms with Gasteiger partial charge in [-0.3, -0.25) is 9.59 Å². The normalized spacial score (nSPS) is 13.1. The molecule has 6 heteroatoms. The third-order valence-electron chi connectivity index (χ3n) is 3.49. The smallest absolute Gasteiger partial charge is 0.202 e. The average Bonchev–Trinajstić information content (AvgIpc) is 2.44. The van der Waals surface area contributed by atoms with E-state index in [1.807, 2.05) is 0 Å². The van der Waals surface area contributed by atoms with Crippen molar-refractivity contribution >= 4 is 43.4 Å². The van der Waals surface area contributed by atoms with Gasteiger partial charge in [0.05, 0.1) is 20.1 Å². The number of ketones is 2. The summed E-state index contributed by atoms with van der Waals surface area (Å²) in [6.45, 7) is 1.72. The van der Waals surface area contributed by atoms with Crippen molar-refractivity contribution in [2.45, 2.75) is 6.92 Å². The molecule has 2 aromatic rings. The lowest BCUT2D eigenvalue weighted by Crippen LogP contribution is -2.21. The fourth-order valence-electron chi connectivity index (χ4n) is 2.44. The molecule has 4 nitrogen and oxygen atoms in total. The maximum absolute atomic E-state index is 12.6. The van der Waals surface area contributed by atoms with E-state index in [1.165, 1.54) is 12.1 Å². The van der Waals surface area contributed by atoms with E-state index in [0.29, 0.717) is 14.5 Å². The molecule has 0 amide bonds. The van der Waals surface area contributed by atoms with Crippen molar-refractivity contribution in [1.29, 1.82) is 0 Å². The van der Waals surface area contributed by atoms with Gasteiger partial charge >= 0.3 is 0 Å². The van der Waals surface area contributed by atoms with Crippen LogP contribution in [0.1, 0.15) is 37.4 Å². The van der Waals surface area contributed by atoms with Crippen molar-refractivity contribution in [1.82, 2.24) is 0 Å². The Bertz CT molecular complexity index is 840. The molecule has 21 heavy (non-hydrogen) atoms. The minimum Gasteiger partial charge on any atom is -0.506 e. The number of hydrogen-bond acceptors (Lipinski definition) is 4. The summed E-state index contributed by atoms with van der Waals surface area (Å²) in [5, 5.41) is 20.2. The van der Waals surface area contributed by atoms with E-state index in [1.54, 1.807) is 13.0 Å². The van der Waals surface area contributed by atoms with Crippen molar-refractivity contribution in [3.63, 3.8) is 0 Å². The van der Waals surface area contributed by atoms with E-state index in [2.05, 4.69) is 31.9 Å². The van der Waals surface area contributed by atoms with Crippen LogP contribution in [0.25, 0.3) is 0 Å². The highest BCUT2D eigenvalue weighted by atomic mass is 79.9. The lowest BCUT2D eigenvalue weighted by atomic mass is 9.82. The zero-order valence-electron chi connectivity index (χ0n) is 10.7. The number of carbonyl (C=O) groups is 2. The van der Waals surface area contributed by atoms with E-state index in [9.17, 15) is 19.8 Å². The lowest BCUT2D eigenvalue weighted by Gasteiger charge is -2.21. The molecule has 0 aromatic heterocycles. The first kappa shape index (κ1) is 14.3. The summed E-state index contributed by atoms with van der Waals surface area (Å²) in [5.41, 5.74) is 0.755. The molecule has 1 aliphatic rings. The molecule has 0 saturated carbocycles. The highest BCUT2D eigenvalue weighted by molar-refractivity contribution is 9.11. The molecule has 0 radical (unpaired) electrons. The predicted molar refractivity (Wildman–Crippen MR) is 83.2 cm³/mol. The van der Waals surface area contributed by atoms with Crippen LogP contribution in [0, 0.1) is 6.92 Å². The van der Waals surface area contributed by atoms with E-state index < -0.39 is 11.6 Å². The van der Waals surface area contributed by atoms with E-state index in [4.69, 9.17) is 0 Å². The summed E-state index contributed by atoms with van der Waals surface area (Å²) in [4.78, 5) is 25.1. The Morgan fingerprint density at radius 1 is 0.905 bits per heavy atom. The van der Waals surface area contributed by atoms with Crippen LogP contribution < -0.4 is 0 Å². The maximum Gasteiger partial charge on any atom is 0.202 e. The number of phenols is 2. The van der Waals surface area contributed by atoms with Gasteiger partial charge in [0.25, 0.3) is 0 Å². The second-order valence-corrected chi connectivity index (χ2v) is 6.40. The Balaban J connectivity index is 2.42. The van der Waals surface area contributed by atoms with Gasteiger partial charge in [-0.2, -0.15) is 0 Å². The minimum absolute atomic E-state index is 0.0848. The molecule has 2 N–H and O–H groups in total. The molecule has 0 spiro atoms. The van der Waals surface area contributed by atoms with Crippen LogP contribution in [0.4, 0.5) is 0 Å². The highest BCUT2D eigenvalue weighted by Gasteiger charge is 2.36. The molecule has 0 fully saturated rings. The van der Waals surface area contributed by atoms with Crippen molar-refractivity contribution in [3.05, 3.63) is 55.0 Å². The number of rotatable bonds is 0. The van der Waals surface area contributed by atoms with Crippen LogP contribution in [0.15, 0.2) is 27.1 Å². The van der Waals surface area contributed by atoms with Gasteiger partial charge in [-0.1, -0.05) is 0 Å². The Hall–Kier alpha value is -1.66. The molecular formula is C15H8Br2O4. The number of aromatic hydroxyl groups is 2. The predicted octanol–water partition coefficient (Wildman–Crippen LogP) is 3.71. The molecule has 1 aliphatic carbocycles. The Kier molecular flexibility index (Phi) is 3.18. The first-order valence-electron chi connectivity index (χ1n) is 5.97. The lowest BCUT2D eigenvalue weighted by molar-refractivity contribution is 0.0974. The van der Waals surface area contributed by atoms with Gasteiger partial charge in [0.2, 0.25) is 5.78 Å². The van der Waals surface area contributed by atoms with Gasteiger partial charge in [0.15, 0.2) is 5.78 Å². The summed E-state index contributed by atoms with van der Waals surface area (Å²) in [7, 11) is 0. The van der Waals surface area contributed by atoms with Crippen LogP contribution in [-0.2, 0) is 0 Å². The topological polar surface area (TPSA) is 74.6 Å². The standard InChI is InChI=1S/C15H8Br2O4/c1-5-4-7-10(15(21)11(5)17)14(20)9-6(12(7)18)2-3-8(16)13(9)19/h2-4,19,21H,1H3. The number of benzene rings is 2. The maximum atomic E-state index is 12.6. The molecule has 0 aliphatic heterocycles. The van der Waals surface area contributed by atoms with Crippen LogP contribution in [0.2, 0.25) is 0 Å². The van der Waals surface area contributed by atoms with Crippen LogP contribution in [-0.4, -0.2) is 21.8 Å². The summed E-state index contributed by atoms with van der Waals surface area (Å²) in [5.74, 6) is -1.55. The average molecular weight is 412 g/mol. The van der Waals surface area contributed by atoms with Crippen LogP contribution in [0.5, 0.6) is 11.5 Å². The van der Waals surface area contributed by atoms with Gasteiger partial charge in [-0.05, 0) is 62.5 Å². The summed E-state index contributed by atoms with van der Waals surface area (Å²) >= 11 is 6.31. The highest BCUT2D eigenvalue weighted by Crippen LogP contribution is 2.42. The number of halogens is 2. The largest absolute Gasteiger partial charge is 0.506 e. The number of hydrogen-bond donors (Lipinski definition) is 2. The number of carbonyl (C=O) groups excluding carboxylic acids is 2. The quantitative estimate of drug-likeness (QED) is 0.591. The van der Waals surface area contributed by atoms with Crippen LogP contribution in [0.3, 0.4) is 0 Å². The molecule has 2 aromatic carbocycles. The second kappa shape index (κ2) is 4.68. The Labute approximate surface area is 136 Å². The van der Waals surface area contributed by atoms with Crippen molar-refractivity contribution in [2.24, 2.45) is 0 Å². The fourth-order valence-corrected chi connectivity index (χ4v) is 3.08. The van der Waals surface area contributed by atoms with Crippen molar-refractivity contribution < 1.29 is 19.8 Å². The van der Waals surface area contributed by atoms with Gasteiger partial charge in [0.1, 0.15) is 11.5 Å². The first-order chi connectivity index (χ1) is 9.84. The Morgan fingerprint density at radius 3 is 2.19 bits per heavy atom. The van der Waals surface area contributed by atoms with Crippen LogP contribution >= 0.6 is 31.9 Å². The zero-order valence-corrected chi connectivity index (χ0v) is 13.9. The monoisotopic (exact) mass is 410 g/mol. The Morgan fingerprint density at radius 2 is 1.52 bits per heavy atom. The van der Waals surface area contributed by atoms with Gasteiger partial charge in [0, 0.05) is 11.1 Å². The summed E-state index contributed by atoms with van der Waals surface area (Å²) in [6.07, 6.45) is 0. The third-order valence-corrected chi connectivity index (χ3v) is 5.13. The third kappa shape index (κ3) is 1.86. The first-order valence-corrected chi connectivity index (χ1v) is 7.56. The van der Waals surface area contributed by atoms with Crippen molar-refractivity contribution in [3.8, 4) is 11.5 Å². The second-order valence-electron chi connectivity index (χ2n) is 4.76. The molecular weight excluding hydrogens is 404 g/mol. The van der Waals surface area contributed by atoms with Gasteiger partial charge in [-0.15, -0.1) is 0 Å². The number of aryl methyl sites for hydroxylation is 1. The molecule has 0 saturated heterocycles. The minimum atomic E-state index is -0.573. The van der Waals surface area contributed by atoms with E-state index in [0.717, 1.165) is 0 Å².